The van der Waals surface area contributed by atoms with Gasteiger partial charge in [-0.2, -0.15) is 0 Å². The summed E-state index contributed by atoms with van der Waals surface area (Å²) in [6, 6.07) is 9.02. The minimum Gasteiger partial charge on any atom is -0.479 e. The summed E-state index contributed by atoms with van der Waals surface area (Å²) in [5, 5.41) is 9.18. The lowest BCUT2D eigenvalue weighted by Crippen LogP contribution is -2.32. The highest BCUT2D eigenvalue weighted by Crippen LogP contribution is 2.14. The first-order chi connectivity index (χ1) is 10.1. The summed E-state index contributed by atoms with van der Waals surface area (Å²) in [5.41, 5.74) is 0.961. The minimum atomic E-state index is -0.414. The highest BCUT2D eigenvalue weighted by Gasteiger charge is 2.16. The highest BCUT2D eigenvalue weighted by atomic mass is 16.5. The maximum Gasteiger partial charge on any atom is 0.258 e. The van der Waals surface area contributed by atoms with E-state index in [0.717, 1.165) is 0 Å². The van der Waals surface area contributed by atoms with Gasteiger partial charge in [-0.25, -0.2) is 0 Å². The molecule has 1 aromatic heterocycles. The molecular formula is C14H16N4O3. The van der Waals surface area contributed by atoms with Gasteiger partial charge in [0.15, 0.2) is 0 Å². The van der Waals surface area contributed by atoms with E-state index in [1.54, 1.807) is 19.2 Å². The summed E-state index contributed by atoms with van der Waals surface area (Å²) in [6.07, 6.45) is 1.53. The van der Waals surface area contributed by atoms with E-state index in [0.29, 0.717) is 5.69 Å². The fourth-order valence-corrected chi connectivity index (χ4v) is 1.76. The van der Waals surface area contributed by atoms with E-state index in [-0.39, 0.29) is 23.9 Å². The molecule has 7 heteroatoms. The Kier molecular flexibility index (Phi) is 4.55. The van der Waals surface area contributed by atoms with E-state index in [1.165, 1.54) is 18.0 Å². The molecule has 0 atom stereocenters. The maximum absolute atomic E-state index is 12.0. The zero-order valence-corrected chi connectivity index (χ0v) is 11.8. The third kappa shape index (κ3) is 3.82. The molecule has 0 fully saturated rings. The van der Waals surface area contributed by atoms with Crippen LogP contribution in [-0.2, 0) is 11.8 Å². The van der Waals surface area contributed by atoms with Crippen LogP contribution in [0.3, 0.4) is 0 Å². The van der Waals surface area contributed by atoms with Crippen LogP contribution in [0.25, 0.3) is 0 Å². The van der Waals surface area contributed by atoms with Crippen LogP contribution in [0.15, 0.2) is 36.5 Å². The van der Waals surface area contributed by atoms with E-state index >= 15 is 0 Å². The standard InChI is InChI=1S/C14H16N4O3/c1-18-9-11(14(17-18)21-2)13(20)15-8-12(19)16-10-6-4-3-5-7-10/h3-7,9H,8H2,1-2H3,(H,15,20)(H,16,19). The lowest BCUT2D eigenvalue weighted by molar-refractivity contribution is -0.115. The van der Waals surface area contributed by atoms with Crippen molar-refractivity contribution in [3.05, 3.63) is 42.1 Å². The van der Waals surface area contributed by atoms with Crippen molar-refractivity contribution in [1.29, 1.82) is 0 Å². The first kappa shape index (κ1) is 14.6. The van der Waals surface area contributed by atoms with Crippen molar-refractivity contribution in [2.24, 2.45) is 7.05 Å². The van der Waals surface area contributed by atoms with Crippen LogP contribution in [0, 0.1) is 0 Å². The predicted molar refractivity (Wildman–Crippen MR) is 77.2 cm³/mol. The molecular weight excluding hydrogens is 272 g/mol. The van der Waals surface area contributed by atoms with E-state index in [9.17, 15) is 9.59 Å². The maximum atomic E-state index is 12.0. The average Bonchev–Trinajstić information content (AvgIpc) is 2.87. The number of nitrogens with zero attached hydrogens (tertiary/aromatic N) is 2. The molecule has 0 unspecified atom stereocenters. The highest BCUT2D eigenvalue weighted by molar-refractivity contribution is 6.00. The van der Waals surface area contributed by atoms with Crippen LogP contribution in [0.1, 0.15) is 10.4 Å². The summed E-state index contributed by atoms with van der Waals surface area (Å²) in [5.74, 6) is -0.501. The first-order valence-electron chi connectivity index (χ1n) is 6.31. The van der Waals surface area contributed by atoms with Crippen molar-refractivity contribution >= 4 is 17.5 Å². The Bertz CT molecular complexity index is 637. The molecule has 2 N–H and O–H groups in total. The van der Waals surface area contributed by atoms with Gasteiger partial charge in [-0.3, -0.25) is 14.3 Å². The molecule has 0 spiro atoms. The van der Waals surface area contributed by atoms with E-state index in [1.807, 2.05) is 18.2 Å². The zero-order valence-electron chi connectivity index (χ0n) is 11.8. The normalized spacial score (nSPS) is 10.0. The van der Waals surface area contributed by atoms with Crippen molar-refractivity contribution in [3.63, 3.8) is 0 Å². The van der Waals surface area contributed by atoms with Crippen LogP contribution >= 0.6 is 0 Å². The zero-order chi connectivity index (χ0) is 15.2. The Morgan fingerprint density at radius 1 is 1.29 bits per heavy atom. The number of hydrogen-bond acceptors (Lipinski definition) is 4. The lowest BCUT2D eigenvalue weighted by Gasteiger charge is -2.06. The van der Waals surface area contributed by atoms with Gasteiger partial charge in [0.1, 0.15) is 5.56 Å². The van der Waals surface area contributed by atoms with Crippen LogP contribution < -0.4 is 15.4 Å². The second-order valence-electron chi connectivity index (χ2n) is 4.32. The molecule has 0 saturated carbocycles. The summed E-state index contributed by atoms with van der Waals surface area (Å²) in [6.45, 7) is -0.133. The summed E-state index contributed by atoms with van der Waals surface area (Å²) >= 11 is 0. The van der Waals surface area contributed by atoms with Gasteiger partial charge in [0.25, 0.3) is 5.91 Å². The van der Waals surface area contributed by atoms with Crippen molar-refractivity contribution in [1.82, 2.24) is 15.1 Å². The van der Waals surface area contributed by atoms with E-state index in [2.05, 4.69) is 15.7 Å². The van der Waals surface area contributed by atoms with Crippen LogP contribution in [0.2, 0.25) is 0 Å². The molecule has 0 radical (unpaired) electrons. The molecule has 7 nitrogen and oxygen atoms in total. The minimum absolute atomic E-state index is 0.133. The molecule has 0 aliphatic heterocycles. The number of para-hydroxylation sites is 1. The van der Waals surface area contributed by atoms with Gasteiger partial charge in [0, 0.05) is 18.9 Å². The Morgan fingerprint density at radius 2 is 2.00 bits per heavy atom. The number of anilines is 1. The lowest BCUT2D eigenvalue weighted by atomic mass is 10.3. The summed E-state index contributed by atoms with van der Waals surface area (Å²) < 4.78 is 6.47. The third-order valence-corrected chi connectivity index (χ3v) is 2.70. The van der Waals surface area contributed by atoms with Crippen molar-refractivity contribution in [3.8, 4) is 5.88 Å². The molecule has 1 heterocycles. The number of hydrogen-bond donors (Lipinski definition) is 2. The monoisotopic (exact) mass is 288 g/mol. The van der Waals surface area contributed by atoms with Gasteiger partial charge in [-0.15, -0.1) is 5.10 Å². The Labute approximate surface area is 121 Å². The second kappa shape index (κ2) is 6.56. The number of methoxy groups -OCH3 is 1. The number of benzene rings is 1. The van der Waals surface area contributed by atoms with Crippen LogP contribution in [0.4, 0.5) is 5.69 Å². The molecule has 2 rings (SSSR count). The molecule has 2 aromatic rings. The van der Waals surface area contributed by atoms with Crippen LogP contribution in [-0.4, -0.2) is 35.2 Å². The quantitative estimate of drug-likeness (QED) is 0.852. The number of nitrogens with one attached hydrogen (secondary N) is 2. The molecule has 2 amide bonds. The Morgan fingerprint density at radius 3 is 2.67 bits per heavy atom. The van der Waals surface area contributed by atoms with E-state index in [4.69, 9.17) is 4.74 Å². The van der Waals surface area contributed by atoms with Gasteiger partial charge < -0.3 is 15.4 Å². The molecule has 110 valence electrons. The van der Waals surface area contributed by atoms with Crippen molar-refractivity contribution < 1.29 is 14.3 Å². The number of ether oxygens (including phenoxy) is 1. The Balaban J connectivity index is 1.90. The van der Waals surface area contributed by atoms with Crippen LogP contribution in [0.5, 0.6) is 5.88 Å². The van der Waals surface area contributed by atoms with Crippen molar-refractivity contribution in [2.45, 2.75) is 0 Å². The fourth-order valence-electron chi connectivity index (χ4n) is 1.76. The smallest absolute Gasteiger partial charge is 0.258 e. The number of carbonyl (C=O) groups is 2. The largest absolute Gasteiger partial charge is 0.479 e. The molecule has 0 saturated heterocycles. The summed E-state index contributed by atoms with van der Waals surface area (Å²) in [4.78, 5) is 23.7. The Hall–Kier alpha value is -2.83. The van der Waals surface area contributed by atoms with Crippen molar-refractivity contribution in [2.75, 3.05) is 19.0 Å². The average molecular weight is 288 g/mol. The molecule has 0 aliphatic carbocycles. The van der Waals surface area contributed by atoms with Gasteiger partial charge in [0.2, 0.25) is 11.8 Å². The first-order valence-corrected chi connectivity index (χ1v) is 6.31. The van der Waals surface area contributed by atoms with Gasteiger partial charge in [-0.05, 0) is 12.1 Å². The third-order valence-electron chi connectivity index (χ3n) is 2.70. The number of aryl methyl sites for hydroxylation is 1. The van der Waals surface area contributed by atoms with E-state index < -0.39 is 5.91 Å². The van der Waals surface area contributed by atoms with Gasteiger partial charge in [-0.1, -0.05) is 18.2 Å². The SMILES string of the molecule is COc1nn(C)cc1C(=O)NCC(=O)Nc1ccccc1. The fraction of sp³-hybridized carbons (Fsp3) is 0.214. The predicted octanol–water partition coefficient (Wildman–Crippen LogP) is 0.797. The molecule has 0 aliphatic rings. The van der Waals surface area contributed by atoms with Gasteiger partial charge in [0.05, 0.1) is 13.7 Å². The summed E-state index contributed by atoms with van der Waals surface area (Å²) in [7, 11) is 3.11. The second-order valence-corrected chi connectivity index (χ2v) is 4.32. The number of carbonyl (C=O) groups excluding carboxylic acids is 2. The molecule has 0 bridgehead atoms. The van der Waals surface area contributed by atoms with Gasteiger partial charge >= 0.3 is 0 Å². The molecule has 21 heavy (non-hydrogen) atoms. The number of aromatic nitrogens is 2. The number of rotatable bonds is 5. The molecule has 1 aromatic carbocycles. The topological polar surface area (TPSA) is 85.2 Å². The number of amides is 2.